The third-order valence-electron chi connectivity index (χ3n) is 3.63. The summed E-state index contributed by atoms with van der Waals surface area (Å²) in [6.45, 7) is 1.62. The SMILES string of the molecule is ClCCc1c2c(c(Br)c3c1OCCC3)OCCC2. The molecule has 0 aromatic heterocycles. The number of halogens is 2. The van der Waals surface area contributed by atoms with E-state index in [-0.39, 0.29) is 0 Å². The van der Waals surface area contributed by atoms with Crippen molar-refractivity contribution in [2.75, 3.05) is 19.1 Å². The van der Waals surface area contributed by atoms with Crippen molar-refractivity contribution < 1.29 is 9.47 Å². The summed E-state index contributed by atoms with van der Waals surface area (Å²) in [5.41, 5.74) is 3.84. The van der Waals surface area contributed by atoms with Crippen LogP contribution in [0.25, 0.3) is 0 Å². The van der Waals surface area contributed by atoms with Gasteiger partial charge in [-0.1, -0.05) is 0 Å². The van der Waals surface area contributed by atoms with Crippen molar-refractivity contribution in [3.05, 3.63) is 21.2 Å². The molecule has 0 saturated carbocycles. The molecule has 0 unspecified atom stereocenters. The van der Waals surface area contributed by atoms with E-state index in [2.05, 4.69) is 15.9 Å². The van der Waals surface area contributed by atoms with Gasteiger partial charge in [-0.25, -0.2) is 0 Å². The number of alkyl halides is 1. The second-order valence-electron chi connectivity index (χ2n) is 4.75. The van der Waals surface area contributed by atoms with Crippen molar-refractivity contribution in [3.8, 4) is 11.5 Å². The summed E-state index contributed by atoms with van der Waals surface area (Å²) in [5.74, 6) is 2.73. The lowest BCUT2D eigenvalue weighted by atomic mass is 9.92. The van der Waals surface area contributed by atoms with Crippen LogP contribution in [-0.2, 0) is 19.3 Å². The highest BCUT2D eigenvalue weighted by molar-refractivity contribution is 9.10. The number of ether oxygens (including phenoxy) is 2. The number of hydrogen-bond acceptors (Lipinski definition) is 2. The van der Waals surface area contributed by atoms with Crippen LogP contribution in [-0.4, -0.2) is 19.1 Å². The molecule has 0 atom stereocenters. The molecule has 0 bridgehead atoms. The fraction of sp³-hybridized carbons (Fsp3) is 0.571. The Bertz CT molecular complexity index is 436. The Hall–Kier alpha value is -0.410. The van der Waals surface area contributed by atoms with Gasteiger partial charge in [0.1, 0.15) is 11.5 Å². The third-order valence-corrected chi connectivity index (χ3v) is 4.66. The van der Waals surface area contributed by atoms with E-state index in [9.17, 15) is 0 Å². The molecule has 3 rings (SSSR count). The Balaban J connectivity index is 2.20. The van der Waals surface area contributed by atoms with Gasteiger partial charge in [-0.15, -0.1) is 11.6 Å². The quantitative estimate of drug-likeness (QED) is 0.766. The largest absolute Gasteiger partial charge is 0.493 e. The normalized spacial score (nSPS) is 17.4. The summed E-state index contributed by atoms with van der Waals surface area (Å²) >= 11 is 9.65. The van der Waals surface area contributed by atoms with Crippen molar-refractivity contribution in [3.63, 3.8) is 0 Å². The van der Waals surface area contributed by atoms with E-state index in [1.165, 1.54) is 16.7 Å². The van der Waals surface area contributed by atoms with Crippen LogP contribution in [0.2, 0.25) is 0 Å². The van der Waals surface area contributed by atoms with Gasteiger partial charge in [-0.05, 0) is 48.0 Å². The Labute approximate surface area is 121 Å². The van der Waals surface area contributed by atoms with E-state index in [0.29, 0.717) is 5.88 Å². The molecule has 0 spiro atoms. The number of hydrogen-bond donors (Lipinski definition) is 0. The first-order valence-corrected chi connectivity index (χ1v) is 7.83. The molecule has 98 valence electrons. The molecule has 2 aliphatic heterocycles. The smallest absolute Gasteiger partial charge is 0.137 e. The first-order chi connectivity index (χ1) is 8.83. The Kier molecular flexibility index (Phi) is 3.71. The zero-order chi connectivity index (χ0) is 12.5. The number of rotatable bonds is 2. The second kappa shape index (κ2) is 5.30. The van der Waals surface area contributed by atoms with Crippen LogP contribution in [0.4, 0.5) is 0 Å². The van der Waals surface area contributed by atoms with Gasteiger partial charge in [0.25, 0.3) is 0 Å². The number of benzene rings is 1. The molecule has 4 heteroatoms. The van der Waals surface area contributed by atoms with Crippen molar-refractivity contribution in [2.45, 2.75) is 32.1 Å². The minimum atomic E-state index is 0.629. The van der Waals surface area contributed by atoms with Crippen LogP contribution in [0.5, 0.6) is 11.5 Å². The molecular weight excluding hydrogens is 316 g/mol. The minimum Gasteiger partial charge on any atom is -0.493 e. The fourth-order valence-electron chi connectivity index (χ4n) is 2.84. The monoisotopic (exact) mass is 330 g/mol. The van der Waals surface area contributed by atoms with Gasteiger partial charge in [0, 0.05) is 22.6 Å². The molecule has 2 heterocycles. The van der Waals surface area contributed by atoms with Gasteiger partial charge in [-0.2, -0.15) is 0 Å². The molecule has 2 aliphatic rings. The summed E-state index contributed by atoms with van der Waals surface area (Å²) in [6.07, 6.45) is 5.14. The second-order valence-corrected chi connectivity index (χ2v) is 5.92. The first-order valence-electron chi connectivity index (χ1n) is 6.50. The summed E-state index contributed by atoms with van der Waals surface area (Å²) in [4.78, 5) is 0. The summed E-state index contributed by atoms with van der Waals surface area (Å²) in [6, 6.07) is 0. The zero-order valence-corrected chi connectivity index (χ0v) is 12.6. The molecule has 1 aromatic rings. The van der Waals surface area contributed by atoms with E-state index in [4.69, 9.17) is 21.1 Å². The molecule has 1 aromatic carbocycles. The van der Waals surface area contributed by atoms with Crippen LogP contribution in [0.15, 0.2) is 4.47 Å². The van der Waals surface area contributed by atoms with Crippen LogP contribution in [0, 0.1) is 0 Å². The molecule has 0 saturated heterocycles. The van der Waals surface area contributed by atoms with E-state index in [1.807, 2.05) is 0 Å². The van der Waals surface area contributed by atoms with Crippen LogP contribution >= 0.6 is 27.5 Å². The van der Waals surface area contributed by atoms with Gasteiger partial charge in [0.15, 0.2) is 0 Å². The van der Waals surface area contributed by atoms with Gasteiger partial charge in [0.05, 0.1) is 17.7 Å². The van der Waals surface area contributed by atoms with Crippen LogP contribution in [0.1, 0.15) is 29.5 Å². The highest BCUT2D eigenvalue weighted by atomic mass is 79.9. The predicted molar refractivity (Wildman–Crippen MR) is 76.2 cm³/mol. The summed E-state index contributed by atoms with van der Waals surface area (Å²) in [5, 5.41) is 0. The van der Waals surface area contributed by atoms with Gasteiger partial charge >= 0.3 is 0 Å². The Morgan fingerprint density at radius 3 is 2.39 bits per heavy atom. The lowest BCUT2D eigenvalue weighted by molar-refractivity contribution is 0.267. The van der Waals surface area contributed by atoms with Crippen LogP contribution in [0.3, 0.4) is 0 Å². The third kappa shape index (κ3) is 2.01. The first kappa shape index (κ1) is 12.6. The maximum absolute atomic E-state index is 5.95. The topological polar surface area (TPSA) is 18.5 Å². The van der Waals surface area contributed by atoms with Crippen molar-refractivity contribution in [2.24, 2.45) is 0 Å². The Morgan fingerprint density at radius 1 is 1.00 bits per heavy atom. The van der Waals surface area contributed by atoms with Gasteiger partial charge in [-0.3, -0.25) is 0 Å². The molecule has 2 nitrogen and oxygen atoms in total. The fourth-order valence-corrected chi connectivity index (χ4v) is 3.76. The minimum absolute atomic E-state index is 0.629. The Morgan fingerprint density at radius 2 is 1.67 bits per heavy atom. The van der Waals surface area contributed by atoms with Gasteiger partial charge in [0.2, 0.25) is 0 Å². The number of fused-ring (bicyclic) bond motifs is 2. The molecule has 0 radical (unpaired) electrons. The highest BCUT2D eigenvalue weighted by Gasteiger charge is 2.27. The maximum Gasteiger partial charge on any atom is 0.137 e. The molecule has 18 heavy (non-hydrogen) atoms. The molecule has 0 fully saturated rings. The van der Waals surface area contributed by atoms with Gasteiger partial charge < -0.3 is 9.47 Å². The molecule has 0 amide bonds. The van der Waals surface area contributed by atoms with E-state index in [1.54, 1.807) is 0 Å². The summed E-state index contributed by atoms with van der Waals surface area (Å²) < 4.78 is 12.9. The van der Waals surface area contributed by atoms with Crippen LogP contribution < -0.4 is 9.47 Å². The lowest BCUT2D eigenvalue weighted by Crippen LogP contribution is -2.18. The van der Waals surface area contributed by atoms with E-state index in [0.717, 1.165) is 61.3 Å². The zero-order valence-electron chi connectivity index (χ0n) is 10.2. The van der Waals surface area contributed by atoms with Crippen molar-refractivity contribution in [1.29, 1.82) is 0 Å². The summed E-state index contributed by atoms with van der Waals surface area (Å²) in [7, 11) is 0. The standard InChI is InChI=1S/C14H16BrClO2/c15-12-11-4-2-7-17-13(11)10(5-6-16)9-3-1-8-18-14(9)12/h1-8H2. The molecule has 0 aliphatic carbocycles. The average Bonchev–Trinajstić information content (AvgIpc) is 2.43. The van der Waals surface area contributed by atoms with E-state index >= 15 is 0 Å². The predicted octanol–water partition coefficient (Wildman–Crippen LogP) is 3.88. The lowest BCUT2D eigenvalue weighted by Gasteiger charge is -2.29. The maximum atomic E-state index is 5.95. The van der Waals surface area contributed by atoms with E-state index < -0.39 is 0 Å². The van der Waals surface area contributed by atoms with Crippen molar-refractivity contribution in [1.82, 2.24) is 0 Å². The highest BCUT2D eigenvalue weighted by Crippen LogP contribution is 2.46. The average molecular weight is 332 g/mol. The van der Waals surface area contributed by atoms with Crippen molar-refractivity contribution >= 4 is 27.5 Å². The molecular formula is C14H16BrClO2. The molecule has 0 N–H and O–H groups in total.